The van der Waals surface area contributed by atoms with E-state index in [2.05, 4.69) is 32.3 Å². The Kier molecular flexibility index (Phi) is 5.34. The third kappa shape index (κ3) is 3.76. The molecule has 1 amide bonds. The Balaban J connectivity index is 1.36. The van der Waals surface area contributed by atoms with Crippen molar-refractivity contribution in [3.05, 3.63) is 48.3 Å². The van der Waals surface area contributed by atoms with Gasteiger partial charge in [0.15, 0.2) is 0 Å². The van der Waals surface area contributed by atoms with Crippen LogP contribution in [0.3, 0.4) is 0 Å². The van der Waals surface area contributed by atoms with E-state index < -0.39 is 18.2 Å². The van der Waals surface area contributed by atoms with Gasteiger partial charge in [0.05, 0.1) is 36.1 Å². The molecule has 3 N–H and O–H groups in total. The van der Waals surface area contributed by atoms with E-state index in [4.69, 9.17) is 0 Å². The van der Waals surface area contributed by atoms with Crippen molar-refractivity contribution in [2.45, 2.75) is 30.7 Å². The quantitative estimate of drug-likeness (QED) is 0.677. The number of hydrogen-bond donors (Lipinski definition) is 3. The lowest BCUT2D eigenvalue weighted by atomic mass is 10.1. The van der Waals surface area contributed by atoms with Crippen LogP contribution in [0.4, 0.5) is 5.69 Å². The van der Waals surface area contributed by atoms with Crippen molar-refractivity contribution in [2.75, 3.05) is 31.1 Å². The highest BCUT2D eigenvalue weighted by Gasteiger charge is 2.46. The summed E-state index contributed by atoms with van der Waals surface area (Å²) < 4.78 is 1.56. The highest BCUT2D eigenvalue weighted by Crippen LogP contribution is 2.27. The highest BCUT2D eigenvalue weighted by molar-refractivity contribution is 5.93. The summed E-state index contributed by atoms with van der Waals surface area (Å²) in [5.41, 5.74) is 1.64. The molecule has 4 atom stereocenters. The third-order valence-electron chi connectivity index (χ3n) is 5.79. The molecular formula is C20H27N5O3. The minimum atomic E-state index is -0.807. The molecule has 0 bridgehead atoms. The number of aromatic nitrogens is 2. The van der Waals surface area contributed by atoms with Gasteiger partial charge in [-0.05, 0) is 18.6 Å². The molecule has 28 heavy (non-hydrogen) atoms. The first-order chi connectivity index (χ1) is 13.5. The molecule has 1 aliphatic heterocycles. The molecule has 8 heteroatoms. The maximum atomic E-state index is 12.4. The second-order valence-electron chi connectivity index (χ2n) is 7.63. The second kappa shape index (κ2) is 7.90. The van der Waals surface area contributed by atoms with Gasteiger partial charge < -0.3 is 20.4 Å². The van der Waals surface area contributed by atoms with Gasteiger partial charge in [0, 0.05) is 45.1 Å². The van der Waals surface area contributed by atoms with Crippen molar-refractivity contribution < 1.29 is 15.0 Å². The van der Waals surface area contributed by atoms with E-state index in [9.17, 15) is 15.0 Å². The van der Waals surface area contributed by atoms with Crippen LogP contribution in [0, 0.1) is 0 Å². The molecule has 1 saturated heterocycles. The van der Waals surface area contributed by atoms with Gasteiger partial charge in [0.2, 0.25) is 0 Å². The average molecular weight is 385 g/mol. The monoisotopic (exact) mass is 385 g/mol. The first-order valence-corrected chi connectivity index (χ1v) is 9.72. The lowest BCUT2D eigenvalue weighted by Gasteiger charge is -2.41. The number of carbonyl (C=O) groups excluding carboxylic acids is 1. The summed E-state index contributed by atoms with van der Waals surface area (Å²) in [5, 5.41) is 28.2. The van der Waals surface area contributed by atoms with Crippen LogP contribution in [0.5, 0.6) is 0 Å². The van der Waals surface area contributed by atoms with E-state index in [1.165, 1.54) is 11.9 Å². The highest BCUT2D eigenvalue weighted by atomic mass is 16.3. The van der Waals surface area contributed by atoms with E-state index in [-0.39, 0.29) is 11.9 Å². The summed E-state index contributed by atoms with van der Waals surface area (Å²) in [6.45, 7) is 3.20. The first-order valence-electron chi connectivity index (χ1n) is 9.72. The van der Waals surface area contributed by atoms with Gasteiger partial charge in [-0.2, -0.15) is 5.10 Å². The molecule has 2 aromatic rings. The Morgan fingerprint density at radius 2 is 1.86 bits per heavy atom. The smallest absolute Gasteiger partial charge is 0.254 e. The summed E-state index contributed by atoms with van der Waals surface area (Å²) in [6, 6.07) is 9.42. The first kappa shape index (κ1) is 18.9. The van der Waals surface area contributed by atoms with Crippen molar-refractivity contribution in [3.8, 4) is 0 Å². The summed E-state index contributed by atoms with van der Waals surface area (Å²) >= 11 is 0. The van der Waals surface area contributed by atoms with Crippen molar-refractivity contribution in [2.24, 2.45) is 7.05 Å². The zero-order chi connectivity index (χ0) is 19.7. The maximum absolute atomic E-state index is 12.4. The molecule has 1 aromatic carbocycles. The Bertz CT molecular complexity index is 803. The molecule has 0 spiro atoms. The number of aliphatic hydroxyl groups is 2. The summed E-state index contributed by atoms with van der Waals surface area (Å²) in [6.07, 6.45) is 1.99. The molecule has 2 aliphatic rings. The molecule has 8 nitrogen and oxygen atoms in total. The molecule has 2 heterocycles. The number of nitrogens with one attached hydrogen (secondary N) is 1. The topological polar surface area (TPSA) is 93.9 Å². The van der Waals surface area contributed by atoms with Crippen LogP contribution < -0.4 is 10.2 Å². The zero-order valence-corrected chi connectivity index (χ0v) is 16.0. The Morgan fingerprint density at radius 3 is 2.50 bits per heavy atom. The number of rotatable bonds is 4. The van der Waals surface area contributed by atoms with Crippen LogP contribution in [0.25, 0.3) is 0 Å². The molecule has 1 saturated carbocycles. The van der Waals surface area contributed by atoms with Gasteiger partial charge in [-0.1, -0.05) is 18.2 Å². The maximum Gasteiger partial charge on any atom is 0.254 e. The van der Waals surface area contributed by atoms with E-state index in [0.717, 1.165) is 26.2 Å². The zero-order valence-electron chi connectivity index (χ0n) is 16.0. The summed E-state index contributed by atoms with van der Waals surface area (Å²) in [7, 11) is 1.75. The fourth-order valence-electron chi connectivity index (χ4n) is 4.32. The summed E-state index contributed by atoms with van der Waals surface area (Å²) in [5.74, 6) is -0.279. The number of para-hydroxylation sites is 1. The van der Waals surface area contributed by atoms with Gasteiger partial charge in [-0.3, -0.25) is 14.4 Å². The number of anilines is 1. The van der Waals surface area contributed by atoms with Crippen molar-refractivity contribution in [1.82, 2.24) is 20.0 Å². The van der Waals surface area contributed by atoms with Crippen LogP contribution in [0.15, 0.2) is 42.7 Å². The van der Waals surface area contributed by atoms with Gasteiger partial charge in [0.1, 0.15) is 0 Å². The van der Waals surface area contributed by atoms with Crippen LogP contribution in [-0.4, -0.2) is 81.3 Å². The van der Waals surface area contributed by atoms with E-state index in [1.807, 2.05) is 18.2 Å². The van der Waals surface area contributed by atoms with Gasteiger partial charge in [-0.25, -0.2) is 0 Å². The molecule has 1 aliphatic carbocycles. The van der Waals surface area contributed by atoms with Crippen molar-refractivity contribution in [3.63, 3.8) is 0 Å². The SMILES string of the molecule is Cn1cc(C(=O)N[C@@H]2C[C@H](O)[C@@H](N3CCN(c4ccccc4)CC3)[C@@H]2O)cn1. The number of carbonyl (C=O) groups is 1. The van der Waals surface area contributed by atoms with Crippen LogP contribution in [-0.2, 0) is 7.05 Å². The number of aliphatic hydroxyl groups excluding tert-OH is 2. The third-order valence-corrected chi connectivity index (χ3v) is 5.79. The minimum Gasteiger partial charge on any atom is -0.391 e. The lowest BCUT2D eigenvalue weighted by molar-refractivity contribution is 0.00543. The molecular weight excluding hydrogens is 358 g/mol. The lowest BCUT2D eigenvalue weighted by Crippen LogP contribution is -2.57. The van der Waals surface area contributed by atoms with E-state index >= 15 is 0 Å². The van der Waals surface area contributed by atoms with Gasteiger partial charge in [0.25, 0.3) is 5.91 Å². The summed E-state index contributed by atoms with van der Waals surface area (Å²) in [4.78, 5) is 16.8. The van der Waals surface area contributed by atoms with E-state index in [0.29, 0.717) is 12.0 Å². The fourth-order valence-corrected chi connectivity index (χ4v) is 4.32. The fraction of sp³-hybridized carbons (Fsp3) is 0.500. The molecule has 4 rings (SSSR count). The number of benzene rings is 1. The normalized spacial score (nSPS) is 28.5. The Hall–Kier alpha value is -2.42. The van der Waals surface area contributed by atoms with Crippen molar-refractivity contribution >= 4 is 11.6 Å². The number of amides is 1. The largest absolute Gasteiger partial charge is 0.391 e. The van der Waals surface area contributed by atoms with Gasteiger partial charge >= 0.3 is 0 Å². The molecule has 1 aromatic heterocycles. The Morgan fingerprint density at radius 1 is 1.14 bits per heavy atom. The molecule has 0 unspecified atom stereocenters. The molecule has 0 radical (unpaired) electrons. The number of hydrogen-bond acceptors (Lipinski definition) is 6. The molecule has 150 valence electrons. The second-order valence-corrected chi connectivity index (χ2v) is 7.63. The predicted molar refractivity (Wildman–Crippen MR) is 105 cm³/mol. The number of nitrogens with zero attached hydrogens (tertiary/aromatic N) is 4. The minimum absolute atomic E-state index is 0.279. The number of piperazine rings is 1. The van der Waals surface area contributed by atoms with Crippen LogP contribution in [0.1, 0.15) is 16.8 Å². The van der Waals surface area contributed by atoms with E-state index in [1.54, 1.807) is 17.9 Å². The standard InChI is InChI=1S/C20H27N5O3/c1-23-13-14(12-21-23)20(28)22-16-11-17(26)18(19(16)27)25-9-7-24(8-10-25)15-5-3-2-4-6-15/h2-6,12-13,16-19,26-27H,7-11H2,1H3,(H,22,28)/t16-,17+,18-,19-/m1/s1. The van der Waals surface area contributed by atoms with Crippen LogP contribution in [0.2, 0.25) is 0 Å². The predicted octanol–water partition coefficient (Wildman–Crippen LogP) is -0.165. The van der Waals surface area contributed by atoms with Crippen molar-refractivity contribution in [1.29, 1.82) is 0 Å². The van der Waals surface area contributed by atoms with Crippen LogP contribution >= 0.6 is 0 Å². The molecule has 2 fully saturated rings. The average Bonchev–Trinajstić information content (AvgIpc) is 3.26. The van der Waals surface area contributed by atoms with Gasteiger partial charge in [-0.15, -0.1) is 0 Å². The Labute approximate surface area is 164 Å². The number of aryl methyl sites for hydroxylation is 1.